The number of nitrogens with one attached hydrogen (secondary N) is 1. The molecule has 5 nitrogen and oxygen atoms in total. The highest BCUT2D eigenvalue weighted by Gasteiger charge is 2.10. The summed E-state index contributed by atoms with van der Waals surface area (Å²) in [5, 5.41) is 15.0. The van der Waals surface area contributed by atoms with Crippen molar-refractivity contribution in [2.75, 3.05) is 11.1 Å². The van der Waals surface area contributed by atoms with E-state index in [0.29, 0.717) is 17.9 Å². The number of rotatable bonds is 4. The smallest absolute Gasteiger partial charge is 0.337 e. The minimum atomic E-state index is -1.000. The van der Waals surface area contributed by atoms with Gasteiger partial charge < -0.3 is 16.2 Å². The van der Waals surface area contributed by atoms with Gasteiger partial charge in [-0.05, 0) is 25.1 Å². The number of hydrogen-bond donors (Lipinski definition) is 3. The molecule has 0 aliphatic heterocycles. The minimum absolute atomic E-state index is 0.170. The van der Waals surface area contributed by atoms with E-state index < -0.39 is 5.97 Å². The molecule has 1 aromatic carbocycles. The van der Waals surface area contributed by atoms with Crippen LogP contribution in [0, 0.1) is 6.92 Å². The van der Waals surface area contributed by atoms with Gasteiger partial charge in [0.25, 0.3) is 0 Å². The second-order valence-corrected chi connectivity index (χ2v) is 4.79. The van der Waals surface area contributed by atoms with Crippen molar-refractivity contribution in [2.24, 2.45) is 0 Å². The molecule has 1 heterocycles. The summed E-state index contributed by atoms with van der Waals surface area (Å²) in [6.07, 6.45) is 0. The molecule has 18 heavy (non-hydrogen) atoms. The number of thiazole rings is 1. The number of benzene rings is 1. The molecule has 6 heteroatoms. The van der Waals surface area contributed by atoms with Crippen LogP contribution in [0.15, 0.2) is 23.6 Å². The highest BCUT2D eigenvalue weighted by atomic mass is 32.1. The van der Waals surface area contributed by atoms with E-state index >= 15 is 0 Å². The number of nitrogens with zero attached hydrogens (tertiary/aromatic N) is 1. The third kappa shape index (κ3) is 2.78. The summed E-state index contributed by atoms with van der Waals surface area (Å²) < 4.78 is 0. The Morgan fingerprint density at radius 2 is 2.33 bits per heavy atom. The number of hydrogen-bond acceptors (Lipinski definition) is 5. The van der Waals surface area contributed by atoms with Gasteiger partial charge in [0.05, 0.1) is 12.1 Å². The van der Waals surface area contributed by atoms with Crippen molar-refractivity contribution in [3.8, 4) is 0 Å². The van der Waals surface area contributed by atoms with Gasteiger partial charge >= 0.3 is 5.97 Å². The molecule has 0 amide bonds. The summed E-state index contributed by atoms with van der Waals surface area (Å²) in [4.78, 5) is 15.4. The van der Waals surface area contributed by atoms with E-state index in [9.17, 15) is 4.79 Å². The fraction of sp³-hybridized carbons (Fsp3) is 0.167. The van der Waals surface area contributed by atoms with Crippen molar-refractivity contribution in [3.63, 3.8) is 0 Å². The summed E-state index contributed by atoms with van der Waals surface area (Å²) in [6.45, 7) is 2.43. The monoisotopic (exact) mass is 263 g/mol. The Hall–Kier alpha value is -2.08. The van der Waals surface area contributed by atoms with Crippen LogP contribution in [0.2, 0.25) is 0 Å². The molecule has 4 N–H and O–H groups in total. The maximum Gasteiger partial charge on any atom is 0.337 e. The summed E-state index contributed by atoms with van der Waals surface area (Å²) in [7, 11) is 0. The largest absolute Gasteiger partial charge is 0.478 e. The first-order valence-electron chi connectivity index (χ1n) is 5.34. The molecule has 0 unspecified atom stereocenters. The lowest BCUT2D eigenvalue weighted by molar-refractivity contribution is 0.0698. The van der Waals surface area contributed by atoms with Crippen molar-refractivity contribution >= 4 is 28.7 Å². The van der Waals surface area contributed by atoms with Crippen LogP contribution in [0.25, 0.3) is 0 Å². The second-order valence-electron chi connectivity index (χ2n) is 3.85. The first-order valence-corrected chi connectivity index (χ1v) is 6.22. The number of anilines is 2. The Labute approximate surface area is 108 Å². The molecule has 0 aliphatic carbocycles. The van der Waals surface area contributed by atoms with Crippen LogP contribution in [-0.2, 0) is 6.54 Å². The third-order valence-electron chi connectivity index (χ3n) is 2.37. The lowest BCUT2D eigenvalue weighted by Gasteiger charge is -2.08. The molecular weight excluding hydrogens is 250 g/mol. The predicted molar refractivity (Wildman–Crippen MR) is 72.0 cm³/mol. The average Bonchev–Trinajstić information content (AvgIpc) is 2.73. The number of carboxylic acids is 1. The van der Waals surface area contributed by atoms with Gasteiger partial charge in [0.2, 0.25) is 0 Å². The van der Waals surface area contributed by atoms with Crippen molar-refractivity contribution in [2.45, 2.75) is 13.5 Å². The zero-order chi connectivity index (χ0) is 13.1. The molecular formula is C12H13N3O2S. The number of carbonyl (C=O) groups is 1. The van der Waals surface area contributed by atoms with Crippen LogP contribution in [0.5, 0.6) is 0 Å². The van der Waals surface area contributed by atoms with Crippen LogP contribution in [-0.4, -0.2) is 16.1 Å². The molecule has 0 saturated carbocycles. The number of carboxylic acid groups (broad SMARTS) is 1. The maximum atomic E-state index is 11.1. The van der Waals surface area contributed by atoms with Crippen LogP contribution in [0.3, 0.4) is 0 Å². The molecule has 0 atom stereocenters. The van der Waals surface area contributed by atoms with E-state index in [1.54, 1.807) is 23.5 Å². The summed E-state index contributed by atoms with van der Waals surface area (Å²) in [6, 6.07) is 4.78. The van der Waals surface area contributed by atoms with Crippen LogP contribution >= 0.6 is 11.3 Å². The highest BCUT2D eigenvalue weighted by Crippen LogP contribution is 2.20. The molecule has 0 saturated heterocycles. The molecule has 0 fully saturated rings. The molecule has 2 aromatic rings. The van der Waals surface area contributed by atoms with Crippen molar-refractivity contribution in [1.82, 2.24) is 4.98 Å². The molecule has 0 aliphatic rings. The van der Waals surface area contributed by atoms with Crippen molar-refractivity contribution in [3.05, 3.63) is 39.8 Å². The quantitative estimate of drug-likeness (QED) is 0.737. The van der Waals surface area contributed by atoms with Gasteiger partial charge in [0.15, 0.2) is 0 Å². The first-order chi connectivity index (χ1) is 8.56. The van der Waals surface area contributed by atoms with E-state index in [1.165, 1.54) is 6.07 Å². The standard InChI is InChI=1S/C12H13N3O2S/c1-7-6-18-11(15-7)5-14-10-3-2-8(13)4-9(10)12(16)17/h2-4,6,14H,5,13H2,1H3,(H,16,17). The summed E-state index contributed by atoms with van der Waals surface area (Å²) in [5.74, 6) is -1.000. The topological polar surface area (TPSA) is 88.2 Å². The fourth-order valence-electron chi connectivity index (χ4n) is 1.55. The summed E-state index contributed by atoms with van der Waals surface area (Å²) >= 11 is 1.54. The predicted octanol–water partition coefficient (Wildman–Crippen LogP) is 2.34. The SMILES string of the molecule is Cc1csc(CNc2ccc(N)cc2C(=O)O)n1. The maximum absolute atomic E-state index is 11.1. The normalized spacial score (nSPS) is 10.3. The van der Waals surface area contributed by atoms with Crippen LogP contribution in [0.1, 0.15) is 21.1 Å². The van der Waals surface area contributed by atoms with E-state index in [1.807, 2.05) is 12.3 Å². The minimum Gasteiger partial charge on any atom is -0.478 e. The van der Waals surface area contributed by atoms with Gasteiger partial charge in [-0.3, -0.25) is 0 Å². The molecule has 0 bridgehead atoms. The van der Waals surface area contributed by atoms with Gasteiger partial charge in [-0.2, -0.15) is 0 Å². The molecule has 94 valence electrons. The van der Waals surface area contributed by atoms with Crippen molar-refractivity contribution < 1.29 is 9.90 Å². The van der Waals surface area contributed by atoms with Crippen LogP contribution in [0.4, 0.5) is 11.4 Å². The Kier molecular flexibility index (Phi) is 3.47. The van der Waals surface area contributed by atoms with Gasteiger partial charge in [-0.1, -0.05) is 0 Å². The van der Waals surface area contributed by atoms with Gasteiger partial charge in [-0.25, -0.2) is 9.78 Å². The number of nitrogen functional groups attached to an aromatic ring is 1. The average molecular weight is 263 g/mol. The lowest BCUT2D eigenvalue weighted by atomic mass is 10.1. The molecule has 2 rings (SSSR count). The number of aromatic nitrogens is 1. The highest BCUT2D eigenvalue weighted by molar-refractivity contribution is 7.09. The Balaban J connectivity index is 2.16. The van der Waals surface area contributed by atoms with Crippen molar-refractivity contribution in [1.29, 1.82) is 0 Å². The molecule has 1 aromatic heterocycles. The summed E-state index contributed by atoms with van der Waals surface area (Å²) in [5.41, 5.74) is 7.69. The van der Waals surface area contributed by atoms with Gasteiger partial charge in [0, 0.05) is 22.4 Å². The van der Waals surface area contributed by atoms with E-state index in [0.717, 1.165) is 10.7 Å². The second kappa shape index (κ2) is 5.05. The lowest BCUT2D eigenvalue weighted by Crippen LogP contribution is -2.07. The zero-order valence-corrected chi connectivity index (χ0v) is 10.6. The van der Waals surface area contributed by atoms with E-state index in [2.05, 4.69) is 10.3 Å². The third-order valence-corrected chi connectivity index (χ3v) is 3.34. The number of aromatic carboxylic acids is 1. The molecule has 0 radical (unpaired) electrons. The van der Waals surface area contributed by atoms with Crippen LogP contribution < -0.4 is 11.1 Å². The van der Waals surface area contributed by atoms with Gasteiger partial charge in [-0.15, -0.1) is 11.3 Å². The van der Waals surface area contributed by atoms with Gasteiger partial charge in [0.1, 0.15) is 5.01 Å². The number of nitrogens with two attached hydrogens (primary N) is 1. The fourth-order valence-corrected chi connectivity index (χ4v) is 2.26. The Morgan fingerprint density at radius 1 is 1.56 bits per heavy atom. The first kappa shape index (κ1) is 12.4. The van der Waals surface area contributed by atoms with E-state index in [-0.39, 0.29) is 5.56 Å². The Bertz CT molecular complexity index is 580. The number of aryl methyl sites for hydroxylation is 1. The molecule has 0 spiro atoms. The van der Waals surface area contributed by atoms with E-state index in [4.69, 9.17) is 10.8 Å². The zero-order valence-electron chi connectivity index (χ0n) is 9.80. The Morgan fingerprint density at radius 3 is 2.94 bits per heavy atom.